The first-order valence-electron chi connectivity index (χ1n) is 15.3. The second kappa shape index (κ2) is 32.5. The van der Waals surface area contributed by atoms with Crippen molar-refractivity contribution in [1.82, 2.24) is 16.0 Å². The van der Waals surface area contributed by atoms with Gasteiger partial charge in [0.05, 0.1) is 57.3 Å². The number of rotatable bonds is 31. The molecule has 3 N–H and O–H groups in total. The van der Waals surface area contributed by atoms with E-state index in [0.717, 1.165) is 12.8 Å². The van der Waals surface area contributed by atoms with E-state index in [9.17, 15) is 14.4 Å². The highest BCUT2D eigenvalue weighted by molar-refractivity contribution is 14.1. The van der Waals surface area contributed by atoms with E-state index in [4.69, 9.17) is 18.9 Å². The smallest absolute Gasteiger partial charge is 0.229 e. The molecule has 11 heteroatoms. The summed E-state index contributed by atoms with van der Waals surface area (Å²) < 4.78 is 22.0. The van der Waals surface area contributed by atoms with E-state index in [1.807, 2.05) is 22.6 Å². The van der Waals surface area contributed by atoms with E-state index in [1.54, 1.807) is 0 Å². The quantitative estimate of drug-likeness (QED) is 0.0575. The molecule has 0 heterocycles. The van der Waals surface area contributed by atoms with Crippen LogP contribution in [0.1, 0.15) is 90.4 Å². The van der Waals surface area contributed by atoms with Gasteiger partial charge in [-0.05, 0) is 6.42 Å². The fourth-order valence-corrected chi connectivity index (χ4v) is 4.04. The lowest BCUT2D eigenvalue weighted by molar-refractivity contribution is -0.123. The molecule has 0 saturated carbocycles. The van der Waals surface area contributed by atoms with E-state index in [0.29, 0.717) is 83.3 Å². The van der Waals surface area contributed by atoms with Crippen LogP contribution in [0.5, 0.6) is 0 Å². The zero-order valence-electron chi connectivity index (χ0n) is 24.9. The van der Waals surface area contributed by atoms with Crippen LogP contribution in [-0.4, -0.2) is 94.6 Å². The summed E-state index contributed by atoms with van der Waals surface area (Å²) in [5.41, 5.74) is 0. The van der Waals surface area contributed by atoms with E-state index >= 15 is 0 Å². The van der Waals surface area contributed by atoms with Gasteiger partial charge in [0.2, 0.25) is 17.7 Å². The van der Waals surface area contributed by atoms with Crippen molar-refractivity contribution in [3.8, 4) is 0 Å². The Balaban J connectivity index is 3.26. The molecule has 0 rings (SSSR count). The van der Waals surface area contributed by atoms with Gasteiger partial charge in [0.25, 0.3) is 0 Å². The van der Waals surface area contributed by atoms with Crippen molar-refractivity contribution in [1.29, 1.82) is 0 Å². The summed E-state index contributed by atoms with van der Waals surface area (Å²) in [6.07, 6.45) is 14.9. The molecule has 0 aromatic heterocycles. The normalized spacial score (nSPS) is 10.9. The fourth-order valence-electron chi connectivity index (χ4n) is 3.77. The molecule has 0 aromatic rings. The average molecular weight is 686 g/mol. The number of unbranched alkanes of at least 4 members (excludes halogenated alkanes) is 10. The van der Waals surface area contributed by atoms with Crippen molar-refractivity contribution >= 4 is 40.3 Å². The first kappa shape index (κ1) is 39.0. The molecule has 0 saturated heterocycles. The summed E-state index contributed by atoms with van der Waals surface area (Å²) >= 11 is 2.00. The van der Waals surface area contributed by atoms with Crippen molar-refractivity contribution in [3.63, 3.8) is 0 Å². The van der Waals surface area contributed by atoms with E-state index in [2.05, 4.69) is 22.9 Å². The predicted octanol–water partition coefficient (Wildman–Crippen LogP) is 3.93. The molecule has 0 atom stereocenters. The zero-order chi connectivity index (χ0) is 29.4. The van der Waals surface area contributed by atoms with Crippen LogP contribution in [-0.2, 0) is 33.3 Å². The van der Waals surface area contributed by atoms with Crippen molar-refractivity contribution in [3.05, 3.63) is 0 Å². The third kappa shape index (κ3) is 31.5. The molecule has 236 valence electrons. The number of ether oxygens (including phenoxy) is 4. The van der Waals surface area contributed by atoms with Crippen LogP contribution in [0, 0.1) is 0 Å². The lowest BCUT2D eigenvalue weighted by Gasteiger charge is -2.09. The molecule has 0 fully saturated rings. The molecular weight excluding hydrogens is 629 g/mol. The Kier molecular flexibility index (Phi) is 31.7. The van der Waals surface area contributed by atoms with E-state index < -0.39 is 0 Å². The Labute approximate surface area is 256 Å². The Hall–Kier alpha value is -1.02. The molecule has 0 unspecified atom stereocenters. The van der Waals surface area contributed by atoms with E-state index in [-0.39, 0.29) is 24.1 Å². The molecule has 40 heavy (non-hydrogen) atoms. The van der Waals surface area contributed by atoms with Crippen LogP contribution in [0.3, 0.4) is 0 Å². The highest BCUT2D eigenvalue weighted by Gasteiger charge is 2.02. The lowest BCUT2D eigenvalue weighted by atomic mass is 10.1. The van der Waals surface area contributed by atoms with Gasteiger partial charge in [-0.15, -0.1) is 0 Å². The maximum absolute atomic E-state index is 11.9. The van der Waals surface area contributed by atoms with E-state index in [1.165, 1.54) is 57.8 Å². The molecule has 0 spiro atoms. The summed E-state index contributed by atoms with van der Waals surface area (Å²) in [7, 11) is 0. The molecular formula is C29H56IN3O7. The number of nitrogens with one attached hydrogen (secondary N) is 3. The topological polar surface area (TPSA) is 124 Å². The standard InChI is InChI=1S/C29H56IN3O7/c1-2-3-4-5-6-7-8-9-10-11-12-13-27(34)31-15-19-38-24-25-39-20-16-32-28(35)14-18-37-22-23-40-21-17-33-29(36)26-30/h2-26H2,1H3,(H,31,34)(H,32,35)(H,33,36). The van der Waals surface area contributed by atoms with Gasteiger partial charge < -0.3 is 34.9 Å². The Morgan fingerprint density at radius 2 is 0.850 bits per heavy atom. The predicted molar refractivity (Wildman–Crippen MR) is 167 cm³/mol. The summed E-state index contributed by atoms with van der Waals surface area (Å²) in [4.78, 5) is 34.7. The van der Waals surface area contributed by atoms with Gasteiger partial charge in [-0.3, -0.25) is 14.4 Å². The number of amides is 3. The minimum absolute atomic E-state index is 0.00735. The zero-order valence-corrected chi connectivity index (χ0v) is 27.1. The second-order valence-corrected chi connectivity index (χ2v) is 10.4. The molecule has 0 radical (unpaired) electrons. The van der Waals surface area contributed by atoms with Gasteiger partial charge in [0.1, 0.15) is 0 Å². The summed E-state index contributed by atoms with van der Waals surface area (Å²) in [6.45, 7) is 7.02. The molecule has 0 bridgehead atoms. The van der Waals surface area contributed by atoms with Crippen molar-refractivity contribution in [2.75, 3.05) is 76.9 Å². The number of hydrogen-bond donors (Lipinski definition) is 3. The molecule has 0 aliphatic heterocycles. The van der Waals surface area contributed by atoms with Gasteiger partial charge in [-0.1, -0.05) is 93.7 Å². The summed E-state index contributed by atoms with van der Waals surface area (Å²) in [6, 6.07) is 0. The first-order valence-corrected chi connectivity index (χ1v) is 16.8. The van der Waals surface area contributed by atoms with Gasteiger partial charge in [0.15, 0.2) is 0 Å². The second-order valence-electron chi connectivity index (χ2n) is 9.67. The minimum atomic E-state index is -0.0915. The SMILES string of the molecule is CCCCCCCCCCCCCC(=O)NCCOCCOCCNC(=O)CCOCCOCCNC(=O)CI. The molecule has 0 aliphatic carbocycles. The van der Waals surface area contributed by atoms with Crippen molar-refractivity contribution < 1.29 is 33.3 Å². The molecule has 0 aromatic carbocycles. The summed E-state index contributed by atoms with van der Waals surface area (Å²) in [5.74, 6) is -0.00243. The van der Waals surface area contributed by atoms with Gasteiger partial charge >= 0.3 is 0 Å². The van der Waals surface area contributed by atoms with Gasteiger partial charge in [0, 0.05) is 32.5 Å². The number of halogens is 1. The highest BCUT2D eigenvalue weighted by atomic mass is 127. The van der Waals surface area contributed by atoms with Crippen molar-refractivity contribution in [2.24, 2.45) is 0 Å². The van der Waals surface area contributed by atoms with Gasteiger partial charge in [-0.2, -0.15) is 0 Å². The fraction of sp³-hybridized carbons (Fsp3) is 0.897. The Bertz CT molecular complexity index is 600. The molecule has 0 aliphatic rings. The van der Waals surface area contributed by atoms with Crippen LogP contribution in [0.25, 0.3) is 0 Å². The third-order valence-corrected chi connectivity index (χ3v) is 6.74. The van der Waals surface area contributed by atoms with Crippen LogP contribution < -0.4 is 16.0 Å². The largest absolute Gasteiger partial charge is 0.379 e. The monoisotopic (exact) mass is 685 g/mol. The minimum Gasteiger partial charge on any atom is -0.379 e. The van der Waals surface area contributed by atoms with Gasteiger partial charge in [-0.25, -0.2) is 0 Å². The van der Waals surface area contributed by atoms with Crippen LogP contribution in [0.15, 0.2) is 0 Å². The van der Waals surface area contributed by atoms with Crippen LogP contribution >= 0.6 is 22.6 Å². The molecule has 10 nitrogen and oxygen atoms in total. The third-order valence-electron chi connectivity index (χ3n) is 6.05. The highest BCUT2D eigenvalue weighted by Crippen LogP contribution is 2.11. The average Bonchev–Trinajstić information content (AvgIpc) is 2.95. The Morgan fingerprint density at radius 3 is 1.30 bits per heavy atom. The first-order chi connectivity index (χ1) is 19.6. The number of hydrogen-bond acceptors (Lipinski definition) is 7. The maximum atomic E-state index is 11.9. The number of alkyl halides is 1. The van der Waals surface area contributed by atoms with Crippen LogP contribution in [0.2, 0.25) is 0 Å². The lowest BCUT2D eigenvalue weighted by Crippen LogP contribution is -2.29. The van der Waals surface area contributed by atoms with Crippen LogP contribution in [0.4, 0.5) is 0 Å². The number of carbonyl (C=O) groups is 3. The maximum Gasteiger partial charge on any atom is 0.229 e. The Morgan fingerprint density at radius 1 is 0.475 bits per heavy atom. The molecule has 3 amide bonds. The number of carbonyl (C=O) groups excluding carboxylic acids is 3. The van der Waals surface area contributed by atoms with Crippen molar-refractivity contribution in [2.45, 2.75) is 90.4 Å². The summed E-state index contributed by atoms with van der Waals surface area (Å²) in [5, 5.41) is 8.40.